The van der Waals surface area contributed by atoms with E-state index in [-0.39, 0.29) is 17.5 Å². The number of carbonyl (C=O) groups excluding carboxylic acids is 1. The van der Waals surface area contributed by atoms with Gasteiger partial charge in [0.05, 0.1) is 29.0 Å². The fourth-order valence-corrected chi connectivity index (χ4v) is 3.89. The molecule has 0 aromatic carbocycles. The maximum Gasteiger partial charge on any atom is 0.225 e. The van der Waals surface area contributed by atoms with Crippen LogP contribution in [0.15, 0.2) is 12.4 Å². The molecule has 1 aromatic rings. The summed E-state index contributed by atoms with van der Waals surface area (Å²) in [5, 5.41) is 3.76. The molecule has 1 aliphatic heterocycles. The van der Waals surface area contributed by atoms with Crippen molar-refractivity contribution >= 4 is 23.5 Å². The van der Waals surface area contributed by atoms with Crippen molar-refractivity contribution in [1.29, 1.82) is 0 Å². The highest BCUT2D eigenvalue weighted by Gasteiger charge is 2.51. The van der Waals surface area contributed by atoms with Gasteiger partial charge in [-0.3, -0.25) is 4.79 Å². The number of anilines is 1. The van der Waals surface area contributed by atoms with Crippen LogP contribution in [-0.2, 0) is 4.79 Å². The van der Waals surface area contributed by atoms with Crippen molar-refractivity contribution in [3.63, 3.8) is 0 Å². The van der Waals surface area contributed by atoms with Crippen LogP contribution in [0.2, 0.25) is 5.02 Å². The molecule has 1 aliphatic carbocycles. The van der Waals surface area contributed by atoms with Crippen LogP contribution in [0.4, 0.5) is 5.95 Å². The van der Waals surface area contributed by atoms with Crippen molar-refractivity contribution in [2.45, 2.75) is 57.0 Å². The molecule has 2 aliphatic rings. The van der Waals surface area contributed by atoms with E-state index >= 15 is 0 Å². The van der Waals surface area contributed by atoms with E-state index in [0.717, 1.165) is 31.8 Å². The highest BCUT2D eigenvalue weighted by atomic mass is 35.5. The zero-order valence-corrected chi connectivity index (χ0v) is 13.1. The third-order valence-electron chi connectivity index (χ3n) is 4.80. The minimum absolute atomic E-state index is 0.0152. The average Bonchev–Trinajstić information content (AvgIpc) is 3.10. The Kier molecular flexibility index (Phi) is 4.02. The summed E-state index contributed by atoms with van der Waals surface area (Å²) >= 11 is 5.89. The summed E-state index contributed by atoms with van der Waals surface area (Å²) in [4.78, 5) is 22.9. The summed E-state index contributed by atoms with van der Waals surface area (Å²) in [5.74, 6) is 0.861. The van der Waals surface area contributed by atoms with Gasteiger partial charge in [0.25, 0.3) is 0 Å². The Hall–Kier alpha value is -1.36. The maximum atomic E-state index is 11.8. The minimum atomic E-state index is -0.0152. The molecule has 0 radical (unpaired) electrons. The zero-order chi connectivity index (χ0) is 14.9. The van der Waals surface area contributed by atoms with E-state index in [9.17, 15) is 4.79 Å². The van der Waals surface area contributed by atoms with E-state index in [1.807, 2.05) is 6.92 Å². The second kappa shape index (κ2) is 5.79. The molecule has 1 N–H and O–H groups in total. The molecular formula is C15H21ClN4O. The Balaban J connectivity index is 1.87. The Bertz CT molecular complexity index is 513. The van der Waals surface area contributed by atoms with Crippen LogP contribution >= 0.6 is 11.6 Å². The van der Waals surface area contributed by atoms with E-state index < -0.39 is 0 Å². The fraction of sp³-hybridized carbons (Fsp3) is 0.667. The lowest BCUT2D eigenvalue weighted by molar-refractivity contribution is -0.121. The number of rotatable bonds is 3. The van der Waals surface area contributed by atoms with Gasteiger partial charge >= 0.3 is 0 Å². The molecule has 0 bridgehead atoms. The van der Waals surface area contributed by atoms with Crippen LogP contribution in [0.1, 0.15) is 45.4 Å². The molecule has 1 unspecified atom stereocenters. The largest absolute Gasteiger partial charge is 0.351 e. The van der Waals surface area contributed by atoms with Gasteiger partial charge in [0, 0.05) is 13.0 Å². The molecule has 1 amide bonds. The molecule has 1 spiro atoms. The molecular weight excluding hydrogens is 288 g/mol. The summed E-state index contributed by atoms with van der Waals surface area (Å²) < 4.78 is 0. The normalized spacial score (nSPS) is 23.7. The first-order valence-electron chi connectivity index (χ1n) is 7.70. The fourth-order valence-electron chi connectivity index (χ4n) is 3.79. The number of hydrogen-bond acceptors (Lipinski definition) is 4. The topological polar surface area (TPSA) is 58.1 Å². The first-order chi connectivity index (χ1) is 10.2. The number of amides is 1. The van der Waals surface area contributed by atoms with Gasteiger partial charge in [0.15, 0.2) is 0 Å². The minimum Gasteiger partial charge on any atom is -0.351 e. The second-order valence-corrected chi connectivity index (χ2v) is 6.36. The number of carbonyl (C=O) groups is 1. The average molecular weight is 309 g/mol. The van der Waals surface area contributed by atoms with E-state index in [1.165, 1.54) is 12.8 Å². The molecule has 5 nitrogen and oxygen atoms in total. The lowest BCUT2D eigenvalue weighted by atomic mass is 9.89. The summed E-state index contributed by atoms with van der Waals surface area (Å²) in [6.45, 7) is 2.78. The van der Waals surface area contributed by atoms with Crippen LogP contribution in [0, 0.1) is 0 Å². The van der Waals surface area contributed by atoms with Crippen LogP contribution < -0.4 is 10.2 Å². The standard InChI is InChI=1S/C15H21ClN4O/c1-2-13(21)19-12-5-8-20(15(12)6-3-4-7-15)14-17-9-11(16)10-18-14/h9-10,12H,2-8H2,1H3,(H,19,21). The molecule has 1 aromatic heterocycles. The molecule has 1 saturated carbocycles. The summed E-state index contributed by atoms with van der Waals surface area (Å²) in [7, 11) is 0. The number of nitrogens with one attached hydrogen (secondary N) is 1. The van der Waals surface area contributed by atoms with Gasteiger partial charge in [-0.1, -0.05) is 31.4 Å². The molecule has 114 valence electrons. The quantitative estimate of drug-likeness (QED) is 0.932. The predicted octanol–water partition coefficient (Wildman–Crippen LogP) is 2.55. The van der Waals surface area contributed by atoms with Crippen LogP contribution in [0.5, 0.6) is 0 Å². The van der Waals surface area contributed by atoms with Gasteiger partial charge in [-0.15, -0.1) is 0 Å². The van der Waals surface area contributed by atoms with Crippen molar-refractivity contribution in [2.75, 3.05) is 11.4 Å². The smallest absolute Gasteiger partial charge is 0.225 e. The van der Waals surface area contributed by atoms with Gasteiger partial charge in [-0.05, 0) is 19.3 Å². The first-order valence-corrected chi connectivity index (χ1v) is 8.08. The lowest BCUT2D eigenvalue weighted by Crippen LogP contribution is -2.55. The van der Waals surface area contributed by atoms with Crippen molar-refractivity contribution in [3.8, 4) is 0 Å². The monoisotopic (exact) mass is 308 g/mol. The van der Waals surface area contributed by atoms with Crippen molar-refractivity contribution in [1.82, 2.24) is 15.3 Å². The molecule has 6 heteroatoms. The van der Waals surface area contributed by atoms with Gasteiger partial charge in [0.2, 0.25) is 11.9 Å². The van der Waals surface area contributed by atoms with Gasteiger partial charge < -0.3 is 10.2 Å². The Morgan fingerprint density at radius 2 is 2.10 bits per heavy atom. The highest BCUT2D eigenvalue weighted by molar-refractivity contribution is 6.30. The predicted molar refractivity (Wildman–Crippen MR) is 82.4 cm³/mol. The molecule has 2 heterocycles. The number of halogens is 1. The van der Waals surface area contributed by atoms with E-state index in [0.29, 0.717) is 11.4 Å². The van der Waals surface area contributed by atoms with Crippen molar-refractivity contribution < 1.29 is 4.79 Å². The first kappa shape index (κ1) is 14.6. The maximum absolute atomic E-state index is 11.8. The van der Waals surface area contributed by atoms with Crippen LogP contribution in [0.25, 0.3) is 0 Å². The third-order valence-corrected chi connectivity index (χ3v) is 5.00. The number of aromatic nitrogens is 2. The molecule has 21 heavy (non-hydrogen) atoms. The van der Waals surface area contributed by atoms with Crippen LogP contribution in [-0.4, -0.2) is 34.0 Å². The SMILES string of the molecule is CCC(=O)NC1CCN(c2ncc(Cl)cn2)C12CCCC2. The molecule has 3 rings (SSSR count). The van der Waals surface area contributed by atoms with Gasteiger partial charge in [-0.25, -0.2) is 9.97 Å². The number of nitrogens with zero attached hydrogens (tertiary/aromatic N) is 3. The Labute approximate surface area is 130 Å². The molecule has 1 saturated heterocycles. The highest BCUT2D eigenvalue weighted by Crippen LogP contribution is 2.44. The van der Waals surface area contributed by atoms with E-state index in [4.69, 9.17) is 11.6 Å². The summed E-state index contributed by atoms with van der Waals surface area (Å²) in [6, 6.07) is 0.201. The molecule has 2 fully saturated rings. The van der Waals surface area contributed by atoms with Crippen molar-refractivity contribution in [3.05, 3.63) is 17.4 Å². The summed E-state index contributed by atoms with van der Waals surface area (Å²) in [6.07, 6.45) is 9.35. The molecule has 1 atom stereocenters. The summed E-state index contributed by atoms with van der Waals surface area (Å²) in [5.41, 5.74) is -0.0152. The van der Waals surface area contributed by atoms with Crippen molar-refractivity contribution in [2.24, 2.45) is 0 Å². The van der Waals surface area contributed by atoms with E-state index in [1.54, 1.807) is 12.4 Å². The van der Waals surface area contributed by atoms with E-state index in [2.05, 4.69) is 20.2 Å². The van der Waals surface area contributed by atoms with Crippen LogP contribution in [0.3, 0.4) is 0 Å². The Morgan fingerprint density at radius 1 is 1.43 bits per heavy atom. The lowest BCUT2D eigenvalue weighted by Gasteiger charge is -2.39. The van der Waals surface area contributed by atoms with Gasteiger partial charge in [-0.2, -0.15) is 0 Å². The van der Waals surface area contributed by atoms with Gasteiger partial charge in [0.1, 0.15) is 0 Å². The zero-order valence-electron chi connectivity index (χ0n) is 12.3. The second-order valence-electron chi connectivity index (χ2n) is 5.93. The Morgan fingerprint density at radius 3 is 2.71 bits per heavy atom. The number of hydrogen-bond donors (Lipinski definition) is 1. The third kappa shape index (κ3) is 2.59.